The van der Waals surface area contributed by atoms with E-state index in [0.29, 0.717) is 6.42 Å². The van der Waals surface area contributed by atoms with Crippen molar-refractivity contribution in [3.63, 3.8) is 0 Å². The second-order valence-corrected chi connectivity index (χ2v) is 6.93. The first-order valence-electron chi connectivity index (χ1n) is 7.05. The molecule has 0 radical (unpaired) electrons. The number of rotatable bonds is 4. The van der Waals surface area contributed by atoms with Gasteiger partial charge in [-0.2, -0.15) is 0 Å². The van der Waals surface area contributed by atoms with Crippen molar-refractivity contribution in [3.8, 4) is 0 Å². The first kappa shape index (κ1) is 15.3. The lowest BCUT2D eigenvalue weighted by Crippen LogP contribution is -2.43. The van der Waals surface area contributed by atoms with Gasteiger partial charge in [-0.3, -0.25) is 19.2 Å². The van der Waals surface area contributed by atoms with E-state index >= 15 is 0 Å². The van der Waals surface area contributed by atoms with Crippen LogP contribution in [-0.4, -0.2) is 48.1 Å². The highest BCUT2D eigenvalue weighted by Crippen LogP contribution is 2.58. The highest BCUT2D eigenvalue weighted by molar-refractivity contribution is 8.14. The van der Waals surface area contributed by atoms with E-state index in [2.05, 4.69) is 0 Å². The van der Waals surface area contributed by atoms with Gasteiger partial charge >= 0.3 is 17.9 Å². The third-order valence-electron chi connectivity index (χ3n) is 4.68. The van der Waals surface area contributed by atoms with E-state index < -0.39 is 42.0 Å². The first-order chi connectivity index (χ1) is 10.4. The fourth-order valence-corrected chi connectivity index (χ4v) is 4.34. The molecule has 0 aromatic rings. The van der Waals surface area contributed by atoms with Crippen LogP contribution in [-0.2, 0) is 33.4 Å². The minimum atomic E-state index is -0.628. The van der Waals surface area contributed by atoms with Gasteiger partial charge in [0.2, 0.25) is 0 Å². The molecule has 6 unspecified atom stereocenters. The summed E-state index contributed by atoms with van der Waals surface area (Å²) in [5.41, 5.74) is 0. The molecular weight excluding hydrogens is 312 g/mol. The van der Waals surface area contributed by atoms with Crippen LogP contribution in [0.4, 0.5) is 0 Å². The molecular formula is C14H16O7S. The van der Waals surface area contributed by atoms with E-state index in [1.165, 1.54) is 14.0 Å². The molecule has 2 saturated carbocycles. The molecule has 0 aromatic carbocycles. The average Bonchev–Trinajstić information content (AvgIpc) is 3.07. The molecule has 3 rings (SSSR count). The summed E-state index contributed by atoms with van der Waals surface area (Å²) >= 11 is 0.861. The molecule has 22 heavy (non-hydrogen) atoms. The molecule has 3 fully saturated rings. The summed E-state index contributed by atoms with van der Waals surface area (Å²) in [7, 11) is 1.27. The van der Waals surface area contributed by atoms with Crippen LogP contribution in [0.15, 0.2) is 0 Å². The van der Waals surface area contributed by atoms with Crippen LogP contribution in [0.3, 0.4) is 0 Å². The van der Waals surface area contributed by atoms with E-state index in [9.17, 15) is 19.2 Å². The molecule has 120 valence electrons. The lowest BCUT2D eigenvalue weighted by molar-refractivity contribution is -0.162. The Kier molecular flexibility index (Phi) is 3.88. The van der Waals surface area contributed by atoms with Crippen molar-refractivity contribution < 1.29 is 33.4 Å². The number of hydrogen-bond donors (Lipinski definition) is 0. The van der Waals surface area contributed by atoms with E-state index in [1.54, 1.807) is 0 Å². The third-order valence-corrected chi connectivity index (χ3v) is 5.47. The summed E-state index contributed by atoms with van der Waals surface area (Å²) in [5, 5.41) is -0.176. The minimum Gasteiger partial charge on any atom is -0.469 e. The number of hydrogen-bond acceptors (Lipinski definition) is 8. The van der Waals surface area contributed by atoms with Crippen LogP contribution in [0.1, 0.15) is 13.3 Å². The Morgan fingerprint density at radius 2 is 2.05 bits per heavy atom. The molecule has 3 aliphatic rings. The third kappa shape index (κ3) is 2.29. The fraction of sp³-hybridized carbons (Fsp3) is 0.714. The molecule has 1 aliphatic heterocycles. The Bertz CT molecular complexity index is 545. The number of carbonyl (C=O) groups is 4. The maximum Gasteiger partial charge on any atom is 0.316 e. The van der Waals surface area contributed by atoms with Gasteiger partial charge in [-0.25, -0.2) is 0 Å². The molecule has 0 N–H and O–H groups in total. The SMILES string of the molecule is COC(=O)C1C2CC3C(OC(=O)C31)C2OC(=O)CSC(C)=O. The number of carbonyl (C=O) groups excluding carboxylic acids is 4. The van der Waals surface area contributed by atoms with Gasteiger partial charge in [-0.15, -0.1) is 0 Å². The summed E-state index contributed by atoms with van der Waals surface area (Å²) in [6.45, 7) is 1.37. The summed E-state index contributed by atoms with van der Waals surface area (Å²) in [4.78, 5) is 46.6. The summed E-state index contributed by atoms with van der Waals surface area (Å²) < 4.78 is 15.5. The Labute approximate surface area is 131 Å². The quantitative estimate of drug-likeness (QED) is 0.532. The smallest absolute Gasteiger partial charge is 0.316 e. The zero-order chi connectivity index (χ0) is 16.0. The van der Waals surface area contributed by atoms with Gasteiger partial charge in [0, 0.05) is 18.8 Å². The monoisotopic (exact) mass is 328 g/mol. The van der Waals surface area contributed by atoms with Crippen molar-refractivity contribution in [1.29, 1.82) is 0 Å². The van der Waals surface area contributed by atoms with Gasteiger partial charge in [-0.1, -0.05) is 11.8 Å². The maximum atomic E-state index is 12.0. The highest BCUT2D eigenvalue weighted by atomic mass is 32.2. The van der Waals surface area contributed by atoms with E-state index in [1.807, 2.05) is 0 Å². The van der Waals surface area contributed by atoms with E-state index in [0.717, 1.165) is 11.8 Å². The van der Waals surface area contributed by atoms with Gasteiger partial charge in [0.1, 0.15) is 12.2 Å². The van der Waals surface area contributed by atoms with E-state index in [-0.39, 0.29) is 22.7 Å². The number of methoxy groups -OCH3 is 1. The van der Waals surface area contributed by atoms with Crippen molar-refractivity contribution in [2.24, 2.45) is 23.7 Å². The second-order valence-electron chi connectivity index (χ2n) is 5.77. The first-order valence-corrected chi connectivity index (χ1v) is 8.03. The topological polar surface area (TPSA) is 96.0 Å². The predicted molar refractivity (Wildman–Crippen MR) is 73.5 cm³/mol. The number of ether oxygens (including phenoxy) is 3. The molecule has 1 heterocycles. The molecule has 0 aromatic heterocycles. The predicted octanol–water partition coefficient (Wildman–Crippen LogP) is 0.158. The van der Waals surface area contributed by atoms with Crippen molar-refractivity contribution in [2.45, 2.75) is 25.6 Å². The zero-order valence-electron chi connectivity index (χ0n) is 12.1. The standard InChI is InChI=1S/C14H16O7S/c1-5(15)22-4-8(16)20-11-6-3-7-10(9(6)13(17)19-2)14(18)21-12(7)11/h6-7,9-12H,3-4H2,1-2H3. The maximum absolute atomic E-state index is 12.0. The van der Waals surface area contributed by atoms with E-state index in [4.69, 9.17) is 14.2 Å². The lowest BCUT2D eigenvalue weighted by atomic mass is 9.78. The largest absolute Gasteiger partial charge is 0.469 e. The lowest BCUT2D eigenvalue weighted by Gasteiger charge is -2.29. The second kappa shape index (κ2) is 5.57. The molecule has 2 aliphatic carbocycles. The van der Waals surface area contributed by atoms with Crippen molar-refractivity contribution in [3.05, 3.63) is 0 Å². The van der Waals surface area contributed by atoms with Crippen LogP contribution >= 0.6 is 11.8 Å². The van der Waals surface area contributed by atoms with Crippen molar-refractivity contribution in [1.82, 2.24) is 0 Å². The molecule has 6 atom stereocenters. The zero-order valence-corrected chi connectivity index (χ0v) is 13.0. The van der Waals surface area contributed by atoms with Crippen LogP contribution in [0.2, 0.25) is 0 Å². The Balaban J connectivity index is 1.74. The highest BCUT2D eigenvalue weighted by Gasteiger charge is 2.70. The number of esters is 3. The van der Waals surface area contributed by atoms with Gasteiger partial charge in [0.05, 0.1) is 24.7 Å². The van der Waals surface area contributed by atoms with Gasteiger partial charge in [0.25, 0.3) is 0 Å². The summed E-state index contributed by atoms with van der Waals surface area (Å²) in [6, 6.07) is 0. The van der Waals surface area contributed by atoms with Crippen molar-refractivity contribution in [2.75, 3.05) is 12.9 Å². The van der Waals surface area contributed by atoms with Crippen LogP contribution in [0.25, 0.3) is 0 Å². The Morgan fingerprint density at radius 3 is 2.68 bits per heavy atom. The minimum absolute atomic E-state index is 0.0871. The molecule has 1 saturated heterocycles. The number of thioether (sulfide) groups is 1. The molecule has 0 spiro atoms. The molecule has 2 bridgehead atoms. The normalized spacial score (nSPS) is 37.8. The molecule has 7 nitrogen and oxygen atoms in total. The summed E-state index contributed by atoms with van der Waals surface area (Å²) in [5.74, 6) is -2.95. The Morgan fingerprint density at radius 1 is 1.32 bits per heavy atom. The van der Waals surface area contributed by atoms with Crippen LogP contribution in [0.5, 0.6) is 0 Å². The molecule has 8 heteroatoms. The Hall–Kier alpha value is -1.57. The molecule has 0 amide bonds. The van der Waals surface area contributed by atoms with Gasteiger partial charge in [-0.05, 0) is 6.42 Å². The van der Waals surface area contributed by atoms with Crippen LogP contribution in [0, 0.1) is 23.7 Å². The fourth-order valence-electron chi connectivity index (χ4n) is 3.95. The van der Waals surface area contributed by atoms with Crippen molar-refractivity contribution >= 4 is 34.8 Å². The van der Waals surface area contributed by atoms with Gasteiger partial charge < -0.3 is 14.2 Å². The van der Waals surface area contributed by atoms with Crippen LogP contribution < -0.4 is 0 Å². The number of fused-ring (bicyclic) bond motifs is 1. The summed E-state index contributed by atoms with van der Waals surface area (Å²) in [6.07, 6.45) is -0.495. The van der Waals surface area contributed by atoms with Gasteiger partial charge in [0.15, 0.2) is 5.12 Å². The average molecular weight is 328 g/mol.